The number of rotatable bonds is 6. The average Bonchev–Trinajstić information content (AvgIpc) is 3.19. The summed E-state index contributed by atoms with van der Waals surface area (Å²) < 4.78 is 56.5. The van der Waals surface area contributed by atoms with E-state index in [9.17, 15) is 17.2 Å². The van der Waals surface area contributed by atoms with Gasteiger partial charge in [-0.15, -0.1) is 5.10 Å². The lowest BCUT2D eigenvalue weighted by Gasteiger charge is -2.37. The van der Waals surface area contributed by atoms with Crippen LogP contribution in [0.5, 0.6) is 0 Å². The molecule has 34 heavy (non-hydrogen) atoms. The first-order valence-corrected chi connectivity index (χ1v) is 12.5. The van der Waals surface area contributed by atoms with Gasteiger partial charge in [-0.05, 0) is 60.1 Å². The van der Waals surface area contributed by atoms with Gasteiger partial charge in [0.25, 0.3) is 10.0 Å². The highest BCUT2D eigenvalue weighted by molar-refractivity contribution is 7.89. The van der Waals surface area contributed by atoms with Crippen molar-refractivity contribution in [3.05, 3.63) is 71.1 Å². The zero-order valence-electron chi connectivity index (χ0n) is 18.7. The van der Waals surface area contributed by atoms with Crippen LogP contribution in [0.15, 0.2) is 47.5 Å². The van der Waals surface area contributed by atoms with Gasteiger partial charge in [0.15, 0.2) is 5.03 Å². The van der Waals surface area contributed by atoms with Gasteiger partial charge in [0.1, 0.15) is 11.6 Å². The van der Waals surface area contributed by atoms with Crippen LogP contribution < -0.4 is 4.72 Å². The van der Waals surface area contributed by atoms with E-state index in [1.54, 1.807) is 18.2 Å². The molecular weight excluding hydrogens is 462 g/mol. The Kier molecular flexibility index (Phi) is 5.30. The molecule has 0 unspecified atom stereocenters. The summed E-state index contributed by atoms with van der Waals surface area (Å²) in [5, 5.41) is 17.5. The molecule has 0 radical (unpaired) electrons. The van der Waals surface area contributed by atoms with Crippen molar-refractivity contribution in [1.82, 2.24) is 19.9 Å². The molecule has 0 aliphatic heterocycles. The number of aliphatic hydroxyl groups is 1. The molecule has 2 bridgehead atoms. The molecule has 1 saturated carbocycles. The topological polar surface area (TPSA) is 105 Å². The lowest BCUT2D eigenvalue weighted by atomic mass is 9.66. The number of aromatic nitrogens is 3. The first-order chi connectivity index (χ1) is 16.1. The molecule has 5 rings (SSSR count). The fourth-order valence-electron chi connectivity index (χ4n) is 5.81. The molecule has 7 nitrogen and oxygen atoms in total. The molecular formula is C24H24F2N4O3S. The summed E-state index contributed by atoms with van der Waals surface area (Å²) in [6.45, 7) is 3.73. The minimum Gasteiger partial charge on any atom is -0.395 e. The molecule has 0 saturated heterocycles. The third-order valence-corrected chi connectivity index (χ3v) is 8.80. The summed E-state index contributed by atoms with van der Waals surface area (Å²) >= 11 is 0. The molecule has 2 N–H and O–H groups in total. The number of hydrogen-bond acceptors (Lipinski definition) is 6. The lowest BCUT2D eigenvalue weighted by Crippen LogP contribution is -2.38. The van der Waals surface area contributed by atoms with Gasteiger partial charge in [-0.1, -0.05) is 26.0 Å². The molecule has 3 aromatic rings. The maximum Gasteiger partial charge on any atom is 0.258 e. The number of hydrogen-bond donors (Lipinski definition) is 2. The van der Waals surface area contributed by atoms with E-state index in [1.165, 1.54) is 24.3 Å². The smallest absolute Gasteiger partial charge is 0.258 e. The van der Waals surface area contributed by atoms with Gasteiger partial charge in [0.05, 0.1) is 34.7 Å². The highest BCUT2D eigenvalue weighted by atomic mass is 32.2. The number of halogens is 2. The quantitative estimate of drug-likeness (QED) is 0.554. The SMILES string of the molecule is CC1(C)[C@H]2CC[C@@]1(c1cccc(S(=O)(=O)NCCO)n1)c1nnc(-c3c(F)cccc3F)cc12. The van der Waals surface area contributed by atoms with Crippen molar-refractivity contribution >= 4 is 10.0 Å². The zero-order chi connectivity index (χ0) is 24.3. The summed E-state index contributed by atoms with van der Waals surface area (Å²) in [4.78, 5) is 4.53. The lowest BCUT2D eigenvalue weighted by molar-refractivity contribution is 0.242. The van der Waals surface area contributed by atoms with Crippen LogP contribution in [-0.4, -0.2) is 41.9 Å². The number of nitrogens with zero attached hydrogens (tertiary/aromatic N) is 3. The number of fused-ring (bicyclic) bond motifs is 5. The van der Waals surface area contributed by atoms with E-state index in [-0.39, 0.29) is 40.8 Å². The number of sulfonamides is 1. The summed E-state index contributed by atoms with van der Waals surface area (Å²) in [5.74, 6) is -1.37. The van der Waals surface area contributed by atoms with Crippen molar-refractivity contribution in [2.75, 3.05) is 13.2 Å². The van der Waals surface area contributed by atoms with Gasteiger partial charge in [0, 0.05) is 6.54 Å². The maximum absolute atomic E-state index is 14.4. The van der Waals surface area contributed by atoms with Crippen molar-refractivity contribution in [3.8, 4) is 11.3 Å². The van der Waals surface area contributed by atoms with Gasteiger partial charge in [0.2, 0.25) is 0 Å². The summed E-state index contributed by atoms with van der Waals surface area (Å²) in [6.07, 6.45) is 1.49. The second-order valence-electron chi connectivity index (χ2n) is 9.33. The normalized spacial score (nSPS) is 22.7. The van der Waals surface area contributed by atoms with E-state index >= 15 is 0 Å². The Morgan fingerprint density at radius 1 is 1.12 bits per heavy atom. The molecule has 0 amide bonds. The van der Waals surface area contributed by atoms with E-state index in [2.05, 4.69) is 33.8 Å². The van der Waals surface area contributed by atoms with Gasteiger partial charge in [-0.2, -0.15) is 5.10 Å². The van der Waals surface area contributed by atoms with Crippen LogP contribution in [-0.2, 0) is 15.4 Å². The maximum atomic E-state index is 14.4. The van der Waals surface area contributed by atoms with Crippen LogP contribution in [0.1, 0.15) is 49.6 Å². The van der Waals surface area contributed by atoms with Crippen LogP contribution in [0.2, 0.25) is 0 Å². The van der Waals surface area contributed by atoms with Crippen molar-refractivity contribution in [2.45, 2.75) is 43.0 Å². The van der Waals surface area contributed by atoms with Crippen molar-refractivity contribution in [1.29, 1.82) is 0 Å². The van der Waals surface area contributed by atoms with E-state index in [0.29, 0.717) is 17.8 Å². The van der Waals surface area contributed by atoms with Gasteiger partial charge in [-0.3, -0.25) is 0 Å². The molecule has 178 valence electrons. The Balaban J connectivity index is 1.66. The van der Waals surface area contributed by atoms with Crippen LogP contribution in [0.3, 0.4) is 0 Å². The van der Waals surface area contributed by atoms with E-state index < -0.39 is 27.1 Å². The van der Waals surface area contributed by atoms with E-state index in [0.717, 1.165) is 12.0 Å². The number of pyridine rings is 1. The standard InChI is InChI=1S/C24H24F2N4O3S/c1-23(2)15-9-10-24(23,19-7-4-8-20(28-19)34(32,33)27-11-12-31)22-14(15)13-18(29-30-22)21-16(25)5-3-6-17(21)26/h3-8,13,15,27,31H,9-12H2,1-2H3/t15-,24+/m0/s1. The summed E-state index contributed by atoms with van der Waals surface area (Å²) in [6, 6.07) is 10.2. The first-order valence-electron chi connectivity index (χ1n) is 11.0. The number of nitrogens with one attached hydrogen (secondary N) is 1. The summed E-state index contributed by atoms with van der Waals surface area (Å²) in [7, 11) is -3.90. The third-order valence-electron chi connectivity index (χ3n) is 7.44. The Hall–Kier alpha value is -2.82. The number of benzene rings is 1. The molecule has 0 spiro atoms. The largest absolute Gasteiger partial charge is 0.395 e. The summed E-state index contributed by atoms with van der Waals surface area (Å²) in [5.41, 5.74) is 0.916. The average molecular weight is 487 g/mol. The van der Waals surface area contributed by atoms with E-state index in [4.69, 9.17) is 5.11 Å². The monoisotopic (exact) mass is 486 g/mol. The van der Waals surface area contributed by atoms with Gasteiger partial charge in [-0.25, -0.2) is 26.9 Å². The Morgan fingerprint density at radius 2 is 1.82 bits per heavy atom. The molecule has 2 aromatic heterocycles. The van der Waals surface area contributed by atoms with Crippen molar-refractivity contribution in [3.63, 3.8) is 0 Å². The minimum atomic E-state index is -3.90. The highest BCUT2D eigenvalue weighted by Gasteiger charge is 2.65. The zero-order valence-corrected chi connectivity index (χ0v) is 19.5. The van der Waals surface area contributed by atoms with Crippen molar-refractivity contribution < 1.29 is 22.3 Å². The van der Waals surface area contributed by atoms with Crippen LogP contribution in [0, 0.1) is 17.0 Å². The Bertz CT molecular complexity index is 1380. The second-order valence-corrected chi connectivity index (χ2v) is 11.0. The van der Waals surface area contributed by atoms with Crippen molar-refractivity contribution in [2.24, 2.45) is 5.41 Å². The third kappa shape index (κ3) is 3.12. The van der Waals surface area contributed by atoms with E-state index in [1.807, 2.05) is 0 Å². The first kappa shape index (κ1) is 22.9. The second kappa shape index (κ2) is 7.86. The van der Waals surface area contributed by atoms with Crippen LogP contribution >= 0.6 is 0 Å². The predicted molar refractivity (Wildman–Crippen MR) is 120 cm³/mol. The predicted octanol–water partition coefficient (Wildman–Crippen LogP) is 3.29. The molecule has 2 aliphatic rings. The molecule has 2 heterocycles. The Labute approximate surface area is 196 Å². The minimum absolute atomic E-state index is 0.0427. The molecule has 1 aromatic carbocycles. The fraction of sp³-hybridized carbons (Fsp3) is 0.375. The van der Waals surface area contributed by atoms with Gasteiger partial charge >= 0.3 is 0 Å². The molecule has 10 heteroatoms. The molecule has 1 fully saturated rings. The fourth-order valence-corrected chi connectivity index (χ4v) is 6.80. The number of aliphatic hydroxyl groups excluding tert-OH is 1. The highest BCUT2D eigenvalue weighted by Crippen LogP contribution is 2.69. The van der Waals surface area contributed by atoms with Crippen LogP contribution in [0.25, 0.3) is 11.3 Å². The Morgan fingerprint density at radius 3 is 2.53 bits per heavy atom. The van der Waals surface area contributed by atoms with Crippen LogP contribution in [0.4, 0.5) is 8.78 Å². The van der Waals surface area contributed by atoms with Gasteiger partial charge < -0.3 is 5.11 Å². The molecule has 2 atom stereocenters. The molecule has 2 aliphatic carbocycles.